The normalized spacial score (nSPS) is 11.9. The number of aromatic nitrogens is 2. The number of carboxylic acids is 1. The summed E-state index contributed by atoms with van der Waals surface area (Å²) in [4.78, 5) is 11.3. The minimum atomic E-state index is -1.06. The zero-order valence-corrected chi connectivity index (χ0v) is 16.3. The van der Waals surface area contributed by atoms with Crippen LogP contribution in [0.1, 0.15) is 31.0 Å². The number of ether oxygens (including phenoxy) is 2. The van der Waals surface area contributed by atoms with E-state index in [-0.39, 0.29) is 21.5 Å². The number of hydrogen-bond donors (Lipinski definition) is 1. The average Bonchev–Trinajstić information content (AvgIpc) is 2.83. The molecule has 8 heteroatoms. The molecule has 0 saturated carbocycles. The number of carbonyl (C=O) groups is 1. The number of rotatable bonds is 8. The maximum atomic E-state index is 11.3. The largest absolute Gasteiger partial charge is 0.479 e. The van der Waals surface area contributed by atoms with E-state index in [2.05, 4.69) is 11.7 Å². The summed E-state index contributed by atoms with van der Waals surface area (Å²) in [6.07, 6.45) is 1.64. The van der Waals surface area contributed by atoms with E-state index in [0.717, 1.165) is 11.3 Å². The first-order valence-electron chi connectivity index (χ1n) is 8.00. The summed E-state index contributed by atoms with van der Waals surface area (Å²) in [6, 6.07) is 2.93. The Morgan fingerprint density at radius 3 is 2.62 bits per heavy atom. The van der Waals surface area contributed by atoms with Gasteiger partial charge >= 0.3 is 5.97 Å². The number of aryl methyl sites for hydroxylation is 2. The molecule has 0 aliphatic carbocycles. The van der Waals surface area contributed by atoms with Gasteiger partial charge in [-0.05, 0) is 19.4 Å². The molecule has 1 N–H and O–H groups in total. The van der Waals surface area contributed by atoms with Crippen LogP contribution in [0.4, 0.5) is 0 Å². The molecule has 0 aliphatic heterocycles. The molecule has 1 aromatic heterocycles. The summed E-state index contributed by atoms with van der Waals surface area (Å²) in [5.74, 6) is -0.142. The number of carboxylic acid groups (broad SMARTS) is 1. The predicted octanol–water partition coefficient (Wildman–Crippen LogP) is 5.10. The van der Waals surface area contributed by atoms with E-state index < -0.39 is 12.1 Å². The quantitative estimate of drug-likeness (QED) is 0.668. The maximum Gasteiger partial charge on any atom is 0.344 e. The first-order chi connectivity index (χ1) is 12.3. The Hall–Kier alpha value is -2.18. The Balaban J connectivity index is 2.39. The van der Waals surface area contributed by atoms with E-state index in [4.69, 9.17) is 32.7 Å². The minimum Gasteiger partial charge on any atom is -0.479 e. The van der Waals surface area contributed by atoms with Crippen molar-refractivity contribution < 1.29 is 19.4 Å². The third kappa shape index (κ3) is 4.31. The fourth-order valence-electron chi connectivity index (χ4n) is 2.44. The molecule has 1 atom stereocenters. The Labute approximate surface area is 161 Å². The van der Waals surface area contributed by atoms with E-state index >= 15 is 0 Å². The lowest BCUT2D eigenvalue weighted by Crippen LogP contribution is -2.26. The van der Waals surface area contributed by atoms with Crippen LogP contribution in [0, 0.1) is 6.92 Å². The van der Waals surface area contributed by atoms with E-state index in [1.165, 1.54) is 12.1 Å². The predicted molar refractivity (Wildman–Crippen MR) is 102 cm³/mol. The molecule has 1 unspecified atom stereocenters. The lowest BCUT2D eigenvalue weighted by molar-refractivity contribution is -0.145. The number of halogens is 2. The van der Waals surface area contributed by atoms with Crippen molar-refractivity contribution in [3.63, 3.8) is 0 Å². The minimum absolute atomic E-state index is 0.186. The molecule has 1 aromatic carbocycles. The first-order valence-corrected chi connectivity index (χ1v) is 8.76. The van der Waals surface area contributed by atoms with Gasteiger partial charge < -0.3 is 14.6 Å². The lowest BCUT2D eigenvalue weighted by atomic mass is 10.2. The summed E-state index contributed by atoms with van der Waals surface area (Å²) in [6.45, 7) is 7.47. The molecule has 0 bridgehead atoms. The van der Waals surface area contributed by atoms with Gasteiger partial charge in [0.2, 0.25) is 5.88 Å². The molecule has 0 amide bonds. The van der Waals surface area contributed by atoms with Gasteiger partial charge in [-0.2, -0.15) is 5.10 Å². The average molecular weight is 399 g/mol. The van der Waals surface area contributed by atoms with Crippen LogP contribution in [0.2, 0.25) is 10.0 Å². The second kappa shape index (κ2) is 8.47. The van der Waals surface area contributed by atoms with Crippen LogP contribution < -0.4 is 9.47 Å². The zero-order chi connectivity index (χ0) is 19.4. The van der Waals surface area contributed by atoms with Crippen molar-refractivity contribution in [1.82, 2.24) is 9.78 Å². The Kier molecular flexibility index (Phi) is 6.56. The molecule has 6 nitrogen and oxygen atoms in total. The van der Waals surface area contributed by atoms with E-state index in [1.807, 2.05) is 13.8 Å². The number of benzene rings is 1. The number of aliphatic carboxylic acids is 1. The van der Waals surface area contributed by atoms with Gasteiger partial charge in [-0.1, -0.05) is 49.2 Å². The lowest BCUT2D eigenvalue weighted by Gasteiger charge is -2.17. The van der Waals surface area contributed by atoms with Crippen LogP contribution in [-0.2, 0) is 11.8 Å². The van der Waals surface area contributed by atoms with Gasteiger partial charge in [0.05, 0.1) is 21.3 Å². The standard InChI is InChI=1S/C18H20Cl2N2O4/c1-5-7-14(18(23)24)25-15-9-16(13(20)8-12(15)19)26-17-11(6-2)10(3)21-22(17)4/h6,8-9,14H,2,5,7H2,1,3-4H3,(H,23,24). The number of nitrogens with zero attached hydrogens (tertiary/aromatic N) is 2. The topological polar surface area (TPSA) is 73.6 Å². The summed E-state index contributed by atoms with van der Waals surface area (Å²) < 4.78 is 13.0. The number of hydrogen-bond acceptors (Lipinski definition) is 4. The van der Waals surface area contributed by atoms with Crippen LogP contribution in [-0.4, -0.2) is 27.0 Å². The Morgan fingerprint density at radius 2 is 2.04 bits per heavy atom. The van der Waals surface area contributed by atoms with Gasteiger partial charge in [-0.3, -0.25) is 0 Å². The maximum absolute atomic E-state index is 11.3. The summed E-state index contributed by atoms with van der Waals surface area (Å²) in [7, 11) is 1.73. The highest BCUT2D eigenvalue weighted by molar-refractivity contribution is 6.36. The monoisotopic (exact) mass is 398 g/mol. The fraction of sp³-hybridized carbons (Fsp3) is 0.333. The van der Waals surface area contributed by atoms with Crippen LogP contribution in [0.15, 0.2) is 18.7 Å². The molecule has 2 rings (SSSR count). The molecular weight excluding hydrogens is 379 g/mol. The molecule has 0 radical (unpaired) electrons. The van der Waals surface area contributed by atoms with Crippen LogP contribution >= 0.6 is 23.2 Å². The highest BCUT2D eigenvalue weighted by Crippen LogP contribution is 2.39. The molecule has 2 aromatic rings. The van der Waals surface area contributed by atoms with Crippen LogP contribution in [0.3, 0.4) is 0 Å². The van der Waals surface area contributed by atoms with Gasteiger partial charge in [0, 0.05) is 13.1 Å². The van der Waals surface area contributed by atoms with Crippen molar-refractivity contribution in [2.75, 3.05) is 0 Å². The van der Waals surface area contributed by atoms with E-state index in [0.29, 0.717) is 18.7 Å². The van der Waals surface area contributed by atoms with Crippen molar-refractivity contribution in [1.29, 1.82) is 0 Å². The van der Waals surface area contributed by atoms with Crippen molar-refractivity contribution in [3.05, 3.63) is 40.0 Å². The van der Waals surface area contributed by atoms with Crippen molar-refractivity contribution in [2.45, 2.75) is 32.8 Å². The molecule has 0 spiro atoms. The van der Waals surface area contributed by atoms with E-state index in [9.17, 15) is 9.90 Å². The summed E-state index contributed by atoms with van der Waals surface area (Å²) in [5.41, 5.74) is 1.49. The molecule has 1 heterocycles. The highest BCUT2D eigenvalue weighted by atomic mass is 35.5. The van der Waals surface area contributed by atoms with Gasteiger partial charge in [0.15, 0.2) is 11.9 Å². The third-order valence-corrected chi connectivity index (χ3v) is 4.30. The molecule has 0 fully saturated rings. The third-order valence-electron chi connectivity index (χ3n) is 3.71. The van der Waals surface area contributed by atoms with Crippen molar-refractivity contribution >= 4 is 35.2 Å². The second-order valence-electron chi connectivity index (χ2n) is 5.68. The van der Waals surface area contributed by atoms with Gasteiger partial charge in [-0.15, -0.1) is 0 Å². The highest BCUT2D eigenvalue weighted by Gasteiger charge is 2.22. The smallest absolute Gasteiger partial charge is 0.344 e. The molecular formula is C18H20Cl2N2O4. The van der Waals surface area contributed by atoms with Gasteiger partial charge in [-0.25, -0.2) is 9.48 Å². The molecule has 0 aliphatic rings. The van der Waals surface area contributed by atoms with Gasteiger partial charge in [0.25, 0.3) is 0 Å². The van der Waals surface area contributed by atoms with Gasteiger partial charge in [0.1, 0.15) is 5.75 Å². The van der Waals surface area contributed by atoms with Crippen LogP contribution in [0.25, 0.3) is 6.08 Å². The first kappa shape index (κ1) is 20.1. The molecule has 140 valence electrons. The zero-order valence-electron chi connectivity index (χ0n) is 14.8. The Morgan fingerprint density at radius 1 is 1.38 bits per heavy atom. The van der Waals surface area contributed by atoms with Crippen LogP contribution in [0.5, 0.6) is 17.4 Å². The Bertz CT molecular complexity index is 833. The molecule has 0 saturated heterocycles. The van der Waals surface area contributed by atoms with E-state index in [1.54, 1.807) is 17.8 Å². The summed E-state index contributed by atoms with van der Waals surface area (Å²) in [5, 5.41) is 14.0. The van der Waals surface area contributed by atoms with Crippen molar-refractivity contribution in [2.24, 2.45) is 7.05 Å². The van der Waals surface area contributed by atoms with Crippen molar-refractivity contribution in [3.8, 4) is 17.4 Å². The molecule has 26 heavy (non-hydrogen) atoms. The fourth-order valence-corrected chi connectivity index (χ4v) is 2.91. The SMILES string of the molecule is C=Cc1c(C)nn(C)c1Oc1cc(OC(CCC)C(=O)O)c(Cl)cc1Cl. The summed E-state index contributed by atoms with van der Waals surface area (Å²) >= 11 is 12.4. The second-order valence-corrected chi connectivity index (χ2v) is 6.49.